The highest BCUT2D eigenvalue weighted by Gasteiger charge is 2.18. The van der Waals surface area contributed by atoms with Crippen molar-refractivity contribution in [3.63, 3.8) is 0 Å². The van der Waals surface area contributed by atoms with E-state index in [0.29, 0.717) is 12.1 Å². The number of nitrogens with one attached hydrogen (secondary N) is 1. The molecule has 2 rings (SSSR count). The van der Waals surface area contributed by atoms with Gasteiger partial charge in [-0.2, -0.15) is 0 Å². The fourth-order valence-electron chi connectivity index (χ4n) is 2.10. The molecule has 4 nitrogen and oxygen atoms in total. The molecule has 0 bridgehead atoms. The van der Waals surface area contributed by atoms with E-state index in [-0.39, 0.29) is 10.6 Å². The van der Waals surface area contributed by atoms with Gasteiger partial charge in [0.25, 0.3) is 10.0 Å². The van der Waals surface area contributed by atoms with E-state index in [1.54, 1.807) is 0 Å². The first-order chi connectivity index (χ1) is 9.83. The molecule has 112 valence electrons. The van der Waals surface area contributed by atoms with Crippen LogP contribution >= 0.6 is 0 Å². The SMILES string of the molecule is CCc1cccc(C)c1NS(=O)(=O)c1cc(N)cc(F)c1. The van der Waals surface area contributed by atoms with Crippen molar-refractivity contribution in [2.75, 3.05) is 10.5 Å². The maximum Gasteiger partial charge on any atom is 0.262 e. The third kappa shape index (κ3) is 3.33. The fraction of sp³-hybridized carbons (Fsp3) is 0.200. The summed E-state index contributed by atoms with van der Waals surface area (Å²) < 4.78 is 40.7. The van der Waals surface area contributed by atoms with Crippen LogP contribution in [-0.2, 0) is 16.4 Å². The minimum Gasteiger partial charge on any atom is -0.399 e. The lowest BCUT2D eigenvalue weighted by Crippen LogP contribution is -2.15. The lowest BCUT2D eigenvalue weighted by atomic mass is 10.1. The van der Waals surface area contributed by atoms with Crippen LogP contribution in [0.4, 0.5) is 15.8 Å². The van der Waals surface area contributed by atoms with Gasteiger partial charge in [0, 0.05) is 5.69 Å². The average Bonchev–Trinajstić information content (AvgIpc) is 2.40. The van der Waals surface area contributed by atoms with E-state index in [4.69, 9.17) is 5.73 Å². The molecular formula is C15H17FN2O2S. The van der Waals surface area contributed by atoms with Gasteiger partial charge in [-0.05, 0) is 42.7 Å². The molecule has 0 spiro atoms. The van der Waals surface area contributed by atoms with E-state index in [0.717, 1.165) is 23.3 Å². The lowest BCUT2D eigenvalue weighted by Gasteiger charge is -2.14. The highest BCUT2D eigenvalue weighted by molar-refractivity contribution is 7.92. The summed E-state index contributed by atoms with van der Waals surface area (Å²) in [6, 6.07) is 8.79. The summed E-state index contributed by atoms with van der Waals surface area (Å²) in [5.74, 6) is -0.684. The summed E-state index contributed by atoms with van der Waals surface area (Å²) in [4.78, 5) is -0.190. The van der Waals surface area contributed by atoms with Crippen LogP contribution in [0.15, 0.2) is 41.3 Å². The number of anilines is 2. The largest absolute Gasteiger partial charge is 0.399 e. The van der Waals surface area contributed by atoms with E-state index >= 15 is 0 Å². The molecule has 3 N–H and O–H groups in total. The number of halogens is 1. The second-order valence-electron chi connectivity index (χ2n) is 4.79. The van der Waals surface area contributed by atoms with E-state index in [2.05, 4.69) is 4.72 Å². The van der Waals surface area contributed by atoms with Crippen molar-refractivity contribution in [1.82, 2.24) is 0 Å². The summed E-state index contributed by atoms with van der Waals surface area (Å²) in [5, 5.41) is 0. The summed E-state index contributed by atoms with van der Waals surface area (Å²) in [7, 11) is -3.88. The Morgan fingerprint density at radius 2 is 1.95 bits per heavy atom. The molecule has 21 heavy (non-hydrogen) atoms. The maximum atomic E-state index is 13.3. The summed E-state index contributed by atoms with van der Waals surface area (Å²) in [5.41, 5.74) is 7.78. The molecule has 0 atom stereocenters. The van der Waals surface area contributed by atoms with Crippen LogP contribution in [-0.4, -0.2) is 8.42 Å². The van der Waals surface area contributed by atoms with Gasteiger partial charge >= 0.3 is 0 Å². The Morgan fingerprint density at radius 3 is 2.57 bits per heavy atom. The monoisotopic (exact) mass is 308 g/mol. The van der Waals surface area contributed by atoms with Gasteiger partial charge in [0.05, 0.1) is 10.6 Å². The second kappa shape index (κ2) is 5.73. The molecule has 0 unspecified atom stereocenters. The minimum absolute atomic E-state index is 0.0656. The molecule has 0 fully saturated rings. The Balaban J connectivity index is 2.47. The maximum absolute atomic E-state index is 13.3. The van der Waals surface area contributed by atoms with Crippen LogP contribution in [0, 0.1) is 12.7 Å². The van der Waals surface area contributed by atoms with Gasteiger partial charge in [-0.15, -0.1) is 0 Å². The van der Waals surface area contributed by atoms with Gasteiger partial charge < -0.3 is 5.73 Å². The predicted octanol–water partition coefficient (Wildman–Crippen LogP) is 3.08. The molecular weight excluding hydrogens is 291 g/mol. The second-order valence-corrected chi connectivity index (χ2v) is 6.47. The summed E-state index contributed by atoms with van der Waals surface area (Å²) in [6.07, 6.45) is 0.685. The molecule has 0 heterocycles. The van der Waals surface area contributed by atoms with Crippen LogP contribution in [0.25, 0.3) is 0 Å². The zero-order chi connectivity index (χ0) is 15.6. The molecule has 2 aromatic rings. The number of hydrogen-bond donors (Lipinski definition) is 2. The molecule has 6 heteroatoms. The van der Waals surface area contributed by atoms with Crippen LogP contribution in [0.5, 0.6) is 0 Å². The zero-order valence-electron chi connectivity index (χ0n) is 11.9. The quantitative estimate of drug-likeness (QED) is 0.853. The molecule has 0 aromatic heterocycles. The van der Waals surface area contributed by atoms with E-state index in [1.807, 2.05) is 32.0 Å². The Bertz CT molecular complexity index is 753. The van der Waals surface area contributed by atoms with E-state index < -0.39 is 15.8 Å². The van der Waals surface area contributed by atoms with Crippen LogP contribution in [0.2, 0.25) is 0 Å². The number of rotatable bonds is 4. The molecule has 0 amide bonds. The Morgan fingerprint density at radius 1 is 1.24 bits per heavy atom. The van der Waals surface area contributed by atoms with Crippen molar-refractivity contribution >= 4 is 21.4 Å². The van der Waals surface area contributed by atoms with Crippen molar-refractivity contribution in [2.45, 2.75) is 25.2 Å². The zero-order valence-corrected chi connectivity index (χ0v) is 12.7. The molecule has 0 saturated heterocycles. The van der Waals surface area contributed by atoms with Gasteiger partial charge in [0.15, 0.2) is 0 Å². The number of nitrogen functional groups attached to an aromatic ring is 1. The van der Waals surface area contributed by atoms with Gasteiger partial charge in [-0.25, -0.2) is 12.8 Å². The summed E-state index contributed by atoms with van der Waals surface area (Å²) >= 11 is 0. The van der Waals surface area contributed by atoms with Crippen LogP contribution < -0.4 is 10.5 Å². The predicted molar refractivity (Wildman–Crippen MR) is 82.2 cm³/mol. The molecule has 2 aromatic carbocycles. The highest BCUT2D eigenvalue weighted by atomic mass is 32.2. The number of aryl methyl sites for hydroxylation is 2. The first-order valence-corrected chi connectivity index (χ1v) is 7.99. The first-order valence-electron chi connectivity index (χ1n) is 6.51. The number of hydrogen-bond acceptors (Lipinski definition) is 3. The molecule has 0 aliphatic rings. The van der Waals surface area contributed by atoms with Crippen LogP contribution in [0.3, 0.4) is 0 Å². The Labute approximate surface area is 123 Å². The molecule has 0 saturated carbocycles. The number of nitrogens with two attached hydrogens (primary N) is 1. The lowest BCUT2D eigenvalue weighted by molar-refractivity contribution is 0.595. The van der Waals surface area contributed by atoms with Crippen molar-refractivity contribution in [3.05, 3.63) is 53.3 Å². The third-order valence-electron chi connectivity index (χ3n) is 3.18. The topological polar surface area (TPSA) is 72.2 Å². The third-order valence-corrected chi connectivity index (χ3v) is 4.51. The van der Waals surface area contributed by atoms with Gasteiger partial charge in [-0.3, -0.25) is 4.72 Å². The van der Waals surface area contributed by atoms with Crippen molar-refractivity contribution < 1.29 is 12.8 Å². The van der Waals surface area contributed by atoms with Crippen LogP contribution in [0.1, 0.15) is 18.1 Å². The smallest absolute Gasteiger partial charge is 0.262 e. The number of sulfonamides is 1. The first kappa shape index (κ1) is 15.3. The highest BCUT2D eigenvalue weighted by Crippen LogP contribution is 2.25. The fourth-order valence-corrected chi connectivity index (χ4v) is 3.34. The minimum atomic E-state index is -3.88. The van der Waals surface area contributed by atoms with E-state index in [1.165, 1.54) is 6.07 Å². The van der Waals surface area contributed by atoms with Gasteiger partial charge in [-0.1, -0.05) is 25.1 Å². The normalized spacial score (nSPS) is 11.4. The van der Waals surface area contributed by atoms with Crippen molar-refractivity contribution in [2.24, 2.45) is 0 Å². The standard InChI is InChI=1S/C15H17FN2O2S/c1-3-11-6-4-5-10(2)15(11)18-21(19,20)14-8-12(16)7-13(17)9-14/h4-9,18H,3,17H2,1-2H3. The molecule has 0 aliphatic carbocycles. The van der Waals surface area contributed by atoms with Gasteiger partial charge in [0.1, 0.15) is 5.82 Å². The Hall–Kier alpha value is -2.08. The number of para-hydroxylation sites is 1. The molecule has 0 radical (unpaired) electrons. The van der Waals surface area contributed by atoms with Crippen molar-refractivity contribution in [3.8, 4) is 0 Å². The summed E-state index contributed by atoms with van der Waals surface area (Å²) in [6.45, 7) is 3.75. The molecule has 0 aliphatic heterocycles. The number of benzene rings is 2. The van der Waals surface area contributed by atoms with E-state index in [9.17, 15) is 12.8 Å². The Kier molecular flexibility index (Phi) is 4.18. The average molecular weight is 308 g/mol. The van der Waals surface area contributed by atoms with Crippen molar-refractivity contribution in [1.29, 1.82) is 0 Å². The van der Waals surface area contributed by atoms with Gasteiger partial charge in [0.2, 0.25) is 0 Å².